The first-order valence-electron chi connectivity index (χ1n) is 6.89. The molecule has 0 spiro atoms. The first kappa shape index (κ1) is 15.0. The van der Waals surface area contributed by atoms with Gasteiger partial charge in [0.25, 0.3) is 0 Å². The molecular formula is C15H20N2O2S. The van der Waals surface area contributed by atoms with Crippen LogP contribution in [0.1, 0.15) is 29.0 Å². The summed E-state index contributed by atoms with van der Waals surface area (Å²) in [6.45, 7) is 2.88. The monoisotopic (exact) mass is 292 g/mol. The summed E-state index contributed by atoms with van der Waals surface area (Å²) in [4.78, 5) is 15.8. The molecule has 0 unspecified atom stereocenters. The predicted molar refractivity (Wildman–Crippen MR) is 80.1 cm³/mol. The standard InChI is InChI=1S/C15H20N2O2S/c16-15(19)12-6-8-17(9-7-12)11-14-5-4-13(20-14)3-1-2-10-18/h4-5,12,18H,2,6-11H2,(H2,16,19). The third-order valence-electron chi connectivity index (χ3n) is 3.48. The summed E-state index contributed by atoms with van der Waals surface area (Å²) in [5, 5.41) is 8.69. The molecule has 0 bridgehead atoms. The maximum Gasteiger partial charge on any atom is 0.220 e. The van der Waals surface area contributed by atoms with Gasteiger partial charge in [0.2, 0.25) is 5.91 Å². The van der Waals surface area contributed by atoms with Crippen LogP contribution in [0.2, 0.25) is 0 Å². The number of carbonyl (C=O) groups is 1. The molecule has 2 rings (SSSR count). The topological polar surface area (TPSA) is 66.6 Å². The fraction of sp³-hybridized carbons (Fsp3) is 0.533. The number of likely N-dealkylation sites (tertiary alicyclic amines) is 1. The van der Waals surface area contributed by atoms with Gasteiger partial charge in [0.05, 0.1) is 11.5 Å². The first-order chi connectivity index (χ1) is 9.69. The van der Waals surface area contributed by atoms with Gasteiger partial charge in [0.15, 0.2) is 0 Å². The number of piperidine rings is 1. The molecule has 1 aromatic heterocycles. The molecule has 1 aliphatic rings. The number of nitrogens with two attached hydrogens (primary N) is 1. The highest BCUT2D eigenvalue weighted by atomic mass is 32.1. The van der Waals surface area contributed by atoms with E-state index in [9.17, 15) is 4.79 Å². The second-order valence-corrected chi connectivity index (χ2v) is 6.16. The van der Waals surface area contributed by atoms with Crippen molar-refractivity contribution in [2.24, 2.45) is 11.7 Å². The van der Waals surface area contributed by atoms with Gasteiger partial charge in [0.1, 0.15) is 0 Å². The molecule has 4 nitrogen and oxygen atoms in total. The van der Waals surface area contributed by atoms with Crippen molar-refractivity contribution in [1.29, 1.82) is 0 Å². The van der Waals surface area contributed by atoms with Gasteiger partial charge in [-0.05, 0) is 38.1 Å². The maximum atomic E-state index is 11.1. The quantitative estimate of drug-likeness (QED) is 0.819. The van der Waals surface area contributed by atoms with Crippen LogP contribution in [0.4, 0.5) is 0 Å². The smallest absolute Gasteiger partial charge is 0.220 e. The van der Waals surface area contributed by atoms with E-state index in [0.29, 0.717) is 6.42 Å². The molecule has 1 amide bonds. The lowest BCUT2D eigenvalue weighted by atomic mass is 9.96. The lowest BCUT2D eigenvalue weighted by molar-refractivity contribution is -0.123. The third-order valence-corrected chi connectivity index (χ3v) is 4.46. The number of carbonyl (C=O) groups excluding carboxylic acids is 1. The number of aliphatic hydroxyl groups is 1. The Balaban J connectivity index is 1.83. The molecule has 1 fully saturated rings. The minimum absolute atomic E-state index is 0.0505. The zero-order valence-corrected chi connectivity index (χ0v) is 12.3. The van der Waals surface area contributed by atoms with Gasteiger partial charge < -0.3 is 10.8 Å². The fourth-order valence-corrected chi connectivity index (χ4v) is 3.26. The molecule has 0 atom stereocenters. The molecule has 0 saturated carbocycles. The maximum absolute atomic E-state index is 11.1. The molecule has 1 aromatic rings. The van der Waals surface area contributed by atoms with Crippen LogP contribution in [-0.4, -0.2) is 35.6 Å². The second kappa shape index (κ2) is 7.44. The van der Waals surface area contributed by atoms with E-state index in [1.807, 2.05) is 6.07 Å². The molecular weight excluding hydrogens is 272 g/mol. The molecule has 1 saturated heterocycles. The van der Waals surface area contributed by atoms with Crippen LogP contribution in [0.5, 0.6) is 0 Å². The largest absolute Gasteiger partial charge is 0.395 e. The number of thiophene rings is 1. The highest BCUT2D eigenvalue weighted by molar-refractivity contribution is 7.12. The molecule has 3 N–H and O–H groups in total. The van der Waals surface area contributed by atoms with Crippen LogP contribution in [0, 0.1) is 17.8 Å². The number of hydrogen-bond acceptors (Lipinski definition) is 4. The summed E-state index contributed by atoms with van der Waals surface area (Å²) < 4.78 is 0. The zero-order chi connectivity index (χ0) is 14.4. The summed E-state index contributed by atoms with van der Waals surface area (Å²) >= 11 is 1.70. The van der Waals surface area contributed by atoms with E-state index in [0.717, 1.165) is 37.4 Å². The van der Waals surface area contributed by atoms with E-state index < -0.39 is 0 Å². The number of primary amides is 1. The second-order valence-electron chi connectivity index (χ2n) is 4.99. The first-order valence-corrected chi connectivity index (χ1v) is 7.71. The average molecular weight is 292 g/mol. The Hall–Kier alpha value is -1.35. The molecule has 5 heteroatoms. The Bertz CT molecular complexity index is 507. The van der Waals surface area contributed by atoms with E-state index in [4.69, 9.17) is 10.8 Å². The number of hydrogen-bond donors (Lipinski definition) is 2. The third kappa shape index (κ3) is 4.34. The Kier molecular flexibility index (Phi) is 5.60. The normalized spacial score (nSPS) is 16.6. The van der Waals surface area contributed by atoms with Gasteiger partial charge in [-0.25, -0.2) is 0 Å². The lowest BCUT2D eigenvalue weighted by Gasteiger charge is -2.29. The van der Waals surface area contributed by atoms with Gasteiger partial charge in [-0.15, -0.1) is 11.3 Å². The lowest BCUT2D eigenvalue weighted by Crippen LogP contribution is -2.37. The van der Waals surface area contributed by atoms with Crippen molar-refractivity contribution in [1.82, 2.24) is 4.90 Å². The molecule has 1 aliphatic heterocycles. The summed E-state index contributed by atoms with van der Waals surface area (Å²) in [6.07, 6.45) is 2.25. The Morgan fingerprint density at radius 3 is 2.85 bits per heavy atom. The van der Waals surface area contributed by atoms with Gasteiger partial charge >= 0.3 is 0 Å². The van der Waals surface area contributed by atoms with E-state index in [-0.39, 0.29) is 18.4 Å². The van der Waals surface area contributed by atoms with Gasteiger partial charge in [0, 0.05) is 23.8 Å². The predicted octanol–water partition coefficient (Wildman–Crippen LogP) is 1.18. The highest BCUT2D eigenvalue weighted by Crippen LogP contribution is 2.22. The molecule has 0 aliphatic carbocycles. The van der Waals surface area contributed by atoms with Crippen molar-refractivity contribution in [3.63, 3.8) is 0 Å². The number of nitrogens with zero attached hydrogens (tertiary/aromatic N) is 1. The van der Waals surface area contributed by atoms with Crippen molar-refractivity contribution >= 4 is 17.2 Å². The van der Waals surface area contributed by atoms with Gasteiger partial charge in [-0.2, -0.15) is 0 Å². The molecule has 0 radical (unpaired) electrons. The van der Waals surface area contributed by atoms with E-state index >= 15 is 0 Å². The van der Waals surface area contributed by atoms with E-state index in [1.165, 1.54) is 4.88 Å². The average Bonchev–Trinajstić information content (AvgIpc) is 2.87. The Morgan fingerprint density at radius 2 is 2.20 bits per heavy atom. The van der Waals surface area contributed by atoms with Gasteiger partial charge in [-0.1, -0.05) is 11.8 Å². The van der Waals surface area contributed by atoms with Crippen molar-refractivity contribution < 1.29 is 9.90 Å². The van der Waals surface area contributed by atoms with E-state index in [1.54, 1.807) is 11.3 Å². The van der Waals surface area contributed by atoms with Crippen LogP contribution in [0.25, 0.3) is 0 Å². The molecule has 2 heterocycles. The number of amides is 1. The van der Waals surface area contributed by atoms with Crippen molar-refractivity contribution in [2.45, 2.75) is 25.8 Å². The summed E-state index contributed by atoms with van der Waals surface area (Å²) in [6, 6.07) is 4.13. The highest BCUT2D eigenvalue weighted by Gasteiger charge is 2.23. The van der Waals surface area contributed by atoms with Gasteiger partial charge in [-0.3, -0.25) is 9.69 Å². The fourth-order valence-electron chi connectivity index (χ4n) is 2.33. The number of aliphatic hydroxyl groups excluding tert-OH is 1. The SMILES string of the molecule is NC(=O)C1CCN(Cc2ccc(C#CCCO)s2)CC1. The summed E-state index contributed by atoms with van der Waals surface area (Å²) in [5.74, 6) is 5.87. The summed E-state index contributed by atoms with van der Waals surface area (Å²) in [5.41, 5.74) is 5.34. The van der Waals surface area contributed by atoms with Crippen LogP contribution >= 0.6 is 11.3 Å². The minimum atomic E-state index is -0.165. The minimum Gasteiger partial charge on any atom is -0.395 e. The Morgan fingerprint density at radius 1 is 1.45 bits per heavy atom. The van der Waals surface area contributed by atoms with E-state index in [2.05, 4.69) is 22.8 Å². The Labute approximate surface area is 123 Å². The van der Waals surface area contributed by atoms with Crippen LogP contribution in [0.15, 0.2) is 12.1 Å². The van der Waals surface area contributed by atoms with Crippen LogP contribution < -0.4 is 5.73 Å². The van der Waals surface area contributed by atoms with Crippen molar-refractivity contribution in [3.8, 4) is 11.8 Å². The zero-order valence-electron chi connectivity index (χ0n) is 11.5. The van der Waals surface area contributed by atoms with Crippen LogP contribution in [0.3, 0.4) is 0 Å². The van der Waals surface area contributed by atoms with Crippen LogP contribution in [-0.2, 0) is 11.3 Å². The number of rotatable bonds is 4. The summed E-state index contributed by atoms with van der Waals surface area (Å²) in [7, 11) is 0. The van der Waals surface area contributed by atoms with Crippen molar-refractivity contribution in [2.75, 3.05) is 19.7 Å². The molecule has 20 heavy (non-hydrogen) atoms. The molecule has 0 aromatic carbocycles. The van der Waals surface area contributed by atoms with Crippen molar-refractivity contribution in [3.05, 3.63) is 21.9 Å². The molecule has 108 valence electrons.